The van der Waals surface area contributed by atoms with Crippen molar-refractivity contribution in [3.8, 4) is 0 Å². The summed E-state index contributed by atoms with van der Waals surface area (Å²) in [4.78, 5) is 2.54. The molecule has 0 saturated carbocycles. The summed E-state index contributed by atoms with van der Waals surface area (Å²) < 4.78 is 0. The Labute approximate surface area is 145 Å². The van der Waals surface area contributed by atoms with E-state index in [0.29, 0.717) is 11.8 Å². The lowest BCUT2D eigenvalue weighted by atomic mass is 10.3. The van der Waals surface area contributed by atoms with Gasteiger partial charge >= 0.3 is 0 Å². The van der Waals surface area contributed by atoms with Gasteiger partial charge in [-0.3, -0.25) is 0 Å². The van der Waals surface area contributed by atoms with Crippen LogP contribution in [0.2, 0.25) is 0 Å². The van der Waals surface area contributed by atoms with Crippen LogP contribution in [-0.2, 0) is 11.8 Å². The minimum Gasteiger partial charge on any atom is -0.303 e. The van der Waals surface area contributed by atoms with E-state index in [1.54, 1.807) is 0 Å². The van der Waals surface area contributed by atoms with E-state index in [1.807, 2.05) is 0 Å². The molecular weight excluding hydrogens is 313 g/mol. The second-order valence-electron chi connectivity index (χ2n) is 6.84. The SMILES string of the molecule is CC(C)CP(=S)(S)CC(C)C.CCCN(CCC)CCC. The van der Waals surface area contributed by atoms with Crippen LogP contribution in [0.1, 0.15) is 67.7 Å². The van der Waals surface area contributed by atoms with Crippen LogP contribution >= 0.6 is 17.5 Å². The van der Waals surface area contributed by atoms with E-state index in [2.05, 4.69) is 65.6 Å². The standard InChI is InChI=1S/C9H21N.C8H19PS2/c1-4-7-10(8-5-2)9-6-3;1-7(2)5-9(10,11)6-8(3)4/h4-9H2,1-3H3;7-8H,5-6H2,1-4H3,(H,10,11). The third-order valence-corrected chi connectivity index (χ3v) is 7.40. The largest absolute Gasteiger partial charge is 0.303 e. The quantitative estimate of drug-likeness (QED) is 0.371. The Kier molecular flexibility index (Phi) is 16.8. The smallest absolute Gasteiger partial charge is 0.00393 e. The minimum atomic E-state index is -1.28. The van der Waals surface area contributed by atoms with E-state index in [4.69, 9.17) is 11.8 Å². The molecule has 0 saturated heterocycles. The van der Waals surface area contributed by atoms with Crippen LogP contribution in [0, 0.1) is 11.8 Å². The lowest BCUT2D eigenvalue weighted by Crippen LogP contribution is -2.25. The zero-order valence-corrected chi connectivity index (χ0v) is 18.2. The predicted molar refractivity (Wildman–Crippen MR) is 110 cm³/mol. The lowest BCUT2D eigenvalue weighted by molar-refractivity contribution is 0.275. The number of thiol groups is 1. The van der Waals surface area contributed by atoms with Crippen LogP contribution in [0.5, 0.6) is 0 Å². The van der Waals surface area contributed by atoms with Gasteiger partial charge in [-0.25, -0.2) is 0 Å². The number of hydrogen-bond donors (Lipinski definition) is 1. The zero-order valence-electron chi connectivity index (χ0n) is 15.6. The summed E-state index contributed by atoms with van der Waals surface area (Å²) in [6, 6.07) is 0. The van der Waals surface area contributed by atoms with Crippen molar-refractivity contribution < 1.29 is 0 Å². The maximum absolute atomic E-state index is 5.47. The highest BCUT2D eigenvalue weighted by molar-refractivity contribution is 8.63. The molecule has 4 heteroatoms. The third-order valence-electron chi connectivity index (χ3n) is 2.92. The molecular formula is C17H40NPS2. The summed E-state index contributed by atoms with van der Waals surface area (Å²) in [7, 11) is 0. The molecule has 0 fully saturated rings. The van der Waals surface area contributed by atoms with Crippen molar-refractivity contribution in [1.82, 2.24) is 4.90 Å². The minimum absolute atomic E-state index is 0.706. The number of hydrogen-bond acceptors (Lipinski definition) is 2. The number of rotatable bonds is 10. The van der Waals surface area contributed by atoms with Crippen LogP contribution in [0.3, 0.4) is 0 Å². The average molecular weight is 354 g/mol. The Hall–Kier alpha value is 0.960. The normalized spacial score (nSPS) is 12.0. The summed E-state index contributed by atoms with van der Waals surface area (Å²) in [5, 5.41) is -1.28. The van der Waals surface area contributed by atoms with Gasteiger partial charge in [-0.1, -0.05) is 60.3 Å². The van der Waals surface area contributed by atoms with Gasteiger partial charge in [0.1, 0.15) is 0 Å². The van der Waals surface area contributed by atoms with Gasteiger partial charge in [0.25, 0.3) is 0 Å². The van der Waals surface area contributed by atoms with Gasteiger partial charge in [-0.05, 0) is 63.1 Å². The van der Waals surface area contributed by atoms with Gasteiger partial charge in [-0.2, -0.15) is 0 Å². The van der Waals surface area contributed by atoms with Crippen molar-refractivity contribution in [2.45, 2.75) is 67.7 Å². The highest BCUT2D eigenvalue weighted by Gasteiger charge is 2.14. The van der Waals surface area contributed by atoms with E-state index >= 15 is 0 Å². The molecule has 21 heavy (non-hydrogen) atoms. The molecule has 130 valence electrons. The highest BCUT2D eigenvalue weighted by Crippen LogP contribution is 2.53. The molecule has 1 nitrogen and oxygen atoms in total. The molecule has 0 bridgehead atoms. The topological polar surface area (TPSA) is 3.24 Å². The van der Waals surface area contributed by atoms with Crippen LogP contribution < -0.4 is 0 Å². The average Bonchev–Trinajstić information content (AvgIpc) is 2.27. The van der Waals surface area contributed by atoms with E-state index in [0.717, 1.165) is 12.3 Å². The molecule has 0 aromatic heterocycles. The van der Waals surface area contributed by atoms with Crippen molar-refractivity contribution >= 4 is 29.3 Å². The first-order chi connectivity index (χ1) is 9.68. The first-order valence-electron chi connectivity index (χ1n) is 8.71. The van der Waals surface area contributed by atoms with Crippen molar-refractivity contribution in [3.05, 3.63) is 0 Å². The van der Waals surface area contributed by atoms with Gasteiger partial charge in [0, 0.05) is 5.24 Å². The molecule has 0 unspecified atom stereocenters. The molecule has 0 atom stereocenters. The van der Waals surface area contributed by atoms with Crippen molar-refractivity contribution in [2.75, 3.05) is 32.0 Å². The maximum Gasteiger partial charge on any atom is 0.00393 e. The van der Waals surface area contributed by atoms with E-state index in [9.17, 15) is 0 Å². The first-order valence-corrected chi connectivity index (χ1v) is 13.0. The van der Waals surface area contributed by atoms with Crippen LogP contribution in [0.4, 0.5) is 0 Å². The lowest BCUT2D eigenvalue weighted by Gasteiger charge is -2.19. The Morgan fingerprint density at radius 2 is 1.10 bits per heavy atom. The Balaban J connectivity index is 0. The molecule has 0 aliphatic rings. The molecule has 0 aliphatic carbocycles. The van der Waals surface area contributed by atoms with Crippen molar-refractivity contribution in [1.29, 1.82) is 0 Å². The summed E-state index contributed by atoms with van der Waals surface area (Å²) in [5.41, 5.74) is 0. The van der Waals surface area contributed by atoms with Gasteiger partial charge < -0.3 is 4.90 Å². The second kappa shape index (κ2) is 14.5. The summed E-state index contributed by atoms with van der Waals surface area (Å²) in [5.74, 6) is 1.41. The second-order valence-corrected chi connectivity index (χ2v) is 14.5. The molecule has 0 aliphatic heterocycles. The Morgan fingerprint density at radius 1 is 0.810 bits per heavy atom. The fourth-order valence-electron chi connectivity index (χ4n) is 2.50. The predicted octanol–water partition coefficient (Wildman–Crippen LogP) is 6.14. The van der Waals surface area contributed by atoms with Gasteiger partial charge in [-0.15, -0.1) is 12.2 Å². The summed E-state index contributed by atoms with van der Waals surface area (Å²) in [6.07, 6.45) is 6.16. The van der Waals surface area contributed by atoms with Gasteiger partial charge in [0.05, 0.1) is 0 Å². The summed E-state index contributed by atoms with van der Waals surface area (Å²) >= 11 is 10.1. The maximum atomic E-state index is 5.47. The Bertz CT molecular complexity index is 239. The molecule has 0 aromatic rings. The molecule has 0 heterocycles. The third kappa shape index (κ3) is 18.9. The first kappa shape index (κ1) is 24.2. The van der Waals surface area contributed by atoms with E-state index in [-0.39, 0.29) is 0 Å². The van der Waals surface area contributed by atoms with Crippen molar-refractivity contribution in [3.63, 3.8) is 0 Å². The monoisotopic (exact) mass is 353 g/mol. The molecule has 0 rings (SSSR count). The highest BCUT2D eigenvalue weighted by atomic mass is 32.9. The van der Waals surface area contributed by atoms with Crippen LogP contribution in [0.15, 0.2) is 0 Å². The Morgan fingerprint density at radius 3 is 1.29 bits per heavy atom. The molecule has 0 spiro atoms. The van der Waals surface area contributed by atoms with Crippen LogP contribution in [-0.4, -0.2) is 36.9 Å². The summed E-state index contributed by atoms with van der Waals surface area (Å²) in [6.45, 7) is 19.5. The molecule has 0 aromatic carbocycles. The van der Waals surface area contributed by atoms with Crippen LogP contribution in [0.25, 0.3) is 0 Å². The fraction of sp³-hybridized carbons (Fsp3) is 1.00. The van der Waals surface area contributed by atoms with Gasteiger partial charge in [0.15, 0.2) is 0 Å². The molecule has 0 radical (unpaired) electrons. The van der Waals surface area contributed by atoms with Crippen molar-refractivity contribution in [2.24, 2.45) is 11.8 Å². The van der Waals surface area contributed by atoms with E-state index in [1.165, 1.54) is 38.9 Å². The van der Waals surface area contributed by atoms with Gasteiger partial charge in [0.2, 0.25) is 0 Å². The molecule has 0 amide bonds. The number of nitrogens with zero attached hydrogens (tertiary/aromatic N) is 1. The zero-order chi connectivity index (χ0) is 16.9. The van der Waals surface area contributed by atoms with E-state index < -0.39 is 5.24 Å². The fourth-order valence-corrected chi connectivity index (χ4v) is 8.68. The molecule has 0 N–H and O–H groups in total.